The topological polar surface area (TPSA) is 213 Å². The number of fused-ring (bicyclic) bond motifs is 1. The molecule has 36 heavy (non-hydrogen) atoms. The van der Waals surface area contributed by atoms with Crippen LogP contribution in [0.15, 0.2) is 30.5 Å². The van der Waals surface area contributed by atoms with Gasteiger partial charge >= 0.3 is 5.97 Å². The SMILES string of the molecule is C[C@H](N)C(=O)N[C@H](C(=O)N[C@@H](Cc1c[nH]c2ccccc12)C(=O)N[C@@H](CCCCN)C(=O)O)[C@@H](C)O. The molecule has 12 nitrogen and oxygen atoms in total. The molecule has 2 aromatic rings. The van der Waals surface area contributed by atoms with Crippen molar-refractivity contribution in [1.82, 2.24) is 20.9 Å². The molecule has 0 fully saturated rings. The number of para-hydroxylation sites is 1. The van der Waals surface area contributed by atoms with Crippen molar-refractivity contribution in [2.45, 2.75) is 69.8 Å². The van der Waals surface area contributed by atoms with Gasteiger partial charge < -0.3 is 42.6 Å². The Morgan fingerprint density at radius 3 is 2.25 bits per heavy atom. The van der Waals surface area contributed by atoms with Gasteiger partial charge in [0.25, 0.3) is 0 Å². The highest BCUT2D eigenvalue weighted by Crippen LogP contribution is 2.19. The van der Waals surface area contributed by atoms with Crippen LogP contribution in [0, 0.1) is 0 Å². The largest absolute Gasteiger partial charge is 0.480 e. The molecule has 198 valence electrons. The van der Waals surface area contributed by atoms with Gasteiger partial charge in [-0.2, -0.15) is 0 Å². The van der Waals surface area contributed by atoms with Crippen LogP contribution in [0.2, 0.25) is 0 Å². The number of benzene rings is 1. The highest BCUT2D eigenvalue weighted by molar-refractivity contribution is 5.95. The van der Waals surface area contributed by atoms with Gasteiger partial charge in [0.1, 0.15) is 18.1 Å². The monoisotopic (exact) mass is 504 g/mol. The van der Waals surface area contributed by atoms with Crippen LogP contribution in [-0.2, 0) is 25.6 Å². The number of aliphatic hydroxyl groups is 1. The lowest BCUT2D eigenvalue weighted by atomic mass is 10.0. The lowest BCUT2D eigenvalue weighted by molar-refractivity contribution is -0.142. The highest BCUT2D eigenvalue weighted by Gasteiger charge is 2.32. The number of carbonyl (C=O) groups excluding carboxylic acids is 3. The molecule has 0 aliphatic rings. The van der Waals surface area contributed by atoms with Crippen molar-refractivity contribution in [2.24, 2.45) is 11.5 Å². The number of hydrogen-bond acceptors (Lipinski definition) is 7. The Bertz CT molecular complexity index is 1050. The number of aromatic nitrogens is 1. The fourth-order valence-electron chi connectivity index (χ4n) is 3.70. The maximum Gasteiger partial charge on any atom is 0.326 e. The summed E-state index contributed by atoms with van der Waals surface area (Å²) in [5, 5.41) is 27.9. The van der Waals surface area contributed by atoms with Crippen LogP contribution >= 0.6 is 0 Å². The molecule has 2 rings (SSSR count). The maximum absolute atomic E-state index is 13.2. The van der Waals surface area contributed by atoms with Crippen LogP contribution in [0.5, 0.6) is 0 Å². The fourth-order valence-corrected chi connectivity index (χ4v) is 3.70. The highest BCUT2D eigenvalue weighted by atomic mass is 16.4. The lowest BCUT2D eigenvalue weighted by Gasteiger charge is -2.26. The second kappa shape index (κ2) is 13.6. The molecule has 1 heterocycles. The molecule has 12 heteroatoms. The number of carbonyl (C=O) groups is 4. The average molecular weight is 505 g/mol. The number of carboxylic acids is 1. The van der Waals surface area contributed by atoms with E-state index in [1.165, 1.54) is 13.8 Å². The summed E-state index contributed by atoms with van der Waals surface area (Å²) in [6.45, 7) is 3.14. The van der Waals surface area contributed by atoms with Crippen LogP contribution in [0.25, 0.3) is 10.9 Å². The molecule has 0 unspecified atom stereocenters. The van der Waals surface area contributed by atoms with Crippen molar-refractivity contribution in [3.63, 3.8) is 0 Å². The number of carboxylic acid groups (broad SMARTS) is 1. The third-order valence-electron chi connectivity index (χ3n) is 5.77. The van der Waals surface area contributed by atoms with Crippen molar-refractivity contribution in [3.05, 3.63) is 36.0 Å². The van der Waals surface area contributed by atoms with E-state index in [4.69, 9.17) is 11.5 Å². The molecule has 0 saturated heterocycles. The van der Waals surface area contributed by atoms with Crippen LogP contribution in [0.3, 0.4) is 0 Å². The van der Waals surface area contributed by atoms with E-state index in [0.29, 0.717) is 24.9 Å². The molecule has 0 radical (unpaired) electrons. The number of unbranched alkanes of at least 4 members (excludes halogenated alkanes) is 1. The molecule has 1 aromatic carbocycles. The Hall–Kier alpha value is -3.48. The van der Waals surface area contributed by atoms with Crippen LogP contribution < -0.4 is 27.4 Å². The molecule has 10 N–H and O–H groups in total. The second-order valence-corrected chi connectivity index (χ2v) is 8.82. The van der Waals surface area contributed by atoms with Crippen molar-refractivity contribution in [1.29, 1.82) is 0 Å². The number of nitrogens with two attached hydrogens (primary N) is 2. The first kappa shape index (κ1) is 28.8. The summed E-state index contributed by atoms with van der Waals surface area (Å²) in [7, 11) is 0. The minimum Gasteiger partial charge on any atom is -0.480 e. The Kier molecular flexibility index (Phi) is 10.8. The predicted molar refractivity (Wildman–Crippen MR) is 134 cm³/mol. The molecule has 0 spiro atoms. The number of aliphatic carboxylic acids is 1. The Balaban J connectivity index is 2.29. The summed E-state index contributed by atoms with van der Waals surface area (Å²) >= 11 is 0. The zero-order valence-electron chi connectivity index (χ0n) is 20.5. The van der Waals surface area contributed by atoms with Gasteiger partial charge in [0.2, 0.25) is 17.7 Å². The third kappa shape index (κ3) is 8.04. The molecule has 1 aromatic heterocycles. The van der Waals surface area contributed by atoms with Gasteiger partial charge in [-0.3, -0.25) is 14.4 Å². The number of aliphatic hydroxyl groups excluding tert-OH is 1. The van der Waals surface area contributed by atoms with Crippen molar-refractivity contribution >= 4 is 34.6 Å². The normalized spacial score (nSPS) is 15.4. The summed E-state index contributed by atoms with van der Waals surface area (Å²) in [6.07, 6.45) is 1.73. The number of H-pyrrole nitrogens is 1. The van der Waals surface area contributed by atoms with Gasteiger partial charge in [-0.1, -0.05) is 18.2 Å². The summed E-state index contributed by atoms with van der Waals surface area (Å²) in [4.78, 5) is 53.1. The summed E-state index contributed by atoms with van der Waals surface area (Å²) in [5.41, 5.74) is 12.6. The smallest absolute Gasteiger partial charge is 0.326 e. The second-order valence-electron chi connectivity index (χ2n) is 8.82. The van der Waals surface area contributed by atoms with Crippen molar-refractivity contribution in [3.8, 4) is 0 Å². The van der Waals surface area contributed by atoms with Gasteiger partial charge in [0.05, 0.1) is 12.1 Å². The summed E-state index contributed by atoms with van der Waals surface area (Å²) < 4.78 is 0. The minimum absolute atomic E-state index is 0.0322. The fraction of sp³-hybridized carbons (Fsp3) is 0.500. The van der Waals surface area contributed by atoms with Crippen molar-refractivity contribution < 1.29 is 29.4 Å². The zero-order valence-corrected chi connectivity index (χ0v) is 20.5. The minimum atomic E-state index is -1.37. The van der Waals surface area contributed by atoms with Crippen LogP contribution in [-0.4, -0.2) is 75.7 Å². The maximum atomic E-state index is 13.2. The quantitative estimate of drug-likeness (QED) is 0.151. The molecule has 0 aliphatic heterocycles. The van der Waals surface area contributed by atoms with Gasteiger partial charge in [-0.15, -0.1) is 0 Å². The Morgan fingerprint density at radius 1 is 0.972 bits per heavy atom. The van der Waals surface area contributed by atoms with Gasteiger partial charge in [-0.25, -0.2) is 4.79 Å². The van der Waals surface area contributed by atoms with E-state index in [0.717, 1.165) is 10.9 Å². The molecule has 3 amide bonds. The number of amides is 3. The first-order chi connectivity index (χ1) is 17.0. The lowest BCUT2D eigenvalue weighted by Crippen LogP contribution is -2.60. The number of rotatable bonds is 14. The third-order valence-corrected chi connectivity index (χ3v) is 5.77. The van der Waals surface area contributed by atoms with E-state index in [-0.39, 0.29) is 12.8 Å². The standard InChI is InChI=1S/C24H36N6O6/c1-13(26)21(32)30-20(14(2)31)23(34)29-19(11-15-12-27-17-8-4-3-7-16(15)17)22(33)28-18(24(35)36)9-5-6-10-25/h3-4,7-8,12-14,18-20,27,31H,5-6,9-11,25-26H2,1-2H3,(H,28,33)(H,29,34)(H,30,32)(H,35,36)/t13-,14+,18-,19-,20-/m0/s1. The molecular weight excluding hydrogens is 468 g/mol. The van der Waals surface area contributed by atoms with E-state index in [1.807, 2.05) is 24.3 Å². The molecule has 0 aliphatic carbocycles. The van der Waals surface area contributed by atoms with Gasteiger partial charge in [-0.05, 0) is 51.3 Å². The first-order valence-electron chi connectivity index (χ1n) is 11.9. The van der Waals surface area contributed by atoms with Crippen molar-refractivity contribution in [2.75, 3.05) is 6.54 Å². The molecule has 0 bridgehead atoms. The van der Waals surface area contributed by atoms with E-state index in [9.17, 15) is 29.4 Å². The first-order valence-corrected chi connectivity index (χ1v) is 11.9. The summed E-state index contributed by atoms with van der Waals surface area (Å²) in [6, 6.07) is 2.73. The molecular formula is C24H36N6O6. The molecule has 0 saturated carbocycles. The van der Waals surface area contributed by atoms with Gasteiger partial charge in [0, 0.05) is 23.5 Å². The average Bonchev–Trinajstić information content (AvgIpc) is 3.23. The van der Waals surface area contributed by atoms with Crippen LogP contribution in [0.1, 0.15) is 38.7 Å². The summed E-state index contributed by atoms with van der Waals surface area (Å²) in [5.74, 6) is -3.38. The Morgan fingerprint density at radius 2 is 1.64 bits per heavy atom. The van der Waals surface area contributed by atoms with E-state index < -0.39 is 54.0 Å². The number of hydrogen-bond donors (Lipinski definition) is 8. The van der Waals surface area contributed by atoms with E-state index >= 15 is 0 Å². The number of aromatic amines is 1. The predicted octanol–water partition coefficient (Wildman–Crippen LogP) is -0.894. The van der Waals surface area contributed by atoms with E-state index in [2.05, 4.69) is 20.9 Å². The Labute approximate surface area is 209 Å². The number of nitrogens with one attached hydrogen (secondary N) is 4. The molecule has 5 atom stereocenters. The van der Waals surface area contributed by atoms with E-state index in [1.54, 1.807) is 6.20 Å². The van der Waals surface area contributed by atoms with Crippen LogP contribution in [0.4, 0.5) is 0 Å². The zero-order chi connectivity index (χ0) is 26.8. The van der Waals surface area contributed by atoms with Gasteiger partial charge in [0.15, 0.2) is 0 Å².